The average Bonchev–Trinajstić information content (AvgIpc) is 3.35. The monoisotopic (exact) mass is 365 g/mol. The van der Waals surface area contributed by atoms with Gasteiger partial charge in [0, 0.05) is 31.5 Å². The number of fused-ring (bicyclic) bond motifs is 1. The van der Waals surface area contributed by atoms with Crippen molar-refractivity contribution in [1.29, 1.82) is 0 Å². The number of alkyl halides is 3. The minimum absolute atomic E-state index is 0.0261. The normalized spacial score (nSPS) is 16.2. The molecule has 0 spiro atoms. The Morgan fingerprint density at radius 1 is 1.19 bits per heavy atom. The molecule has 2 heterocycles. The Bertz CT molecular complexity index is 1060. The molecule has 1 aromatic carbocycles. The molecule has 4 rings (SSSR count). The van der Waals surface area contributed by atoms with Gasteiger partial charge >= 0.3 is 11.9 Å². The summed E-state index contributed by atoms with van der Waals surface area (Å²) in [4.78, 5) is 16.4. The molecule has 0 unspecified atom stereocenters. The highest BCUT2D eigenvalue weighted by Crippen LogP contribution is 2.58. The molecule has 136 valence electrons. The van der Waals surface area contributed by atoms with Crippen molar-refractivity contribution in [2.75, 3.05) is 0 Å². The van der Waals surface area contributed by atoms with Crippen molar-refractivity contribution in [2.24, 2.45) is 12.5 Å². The number of nitrogens with zero attached hydrogens (tertiary/aromatic N) is 3. The van der Waals surface area contributed by atoms with Crippen LogP contribution in [-0.4, -0.2) is 20.3 Å². The van der Waals surface area contributed by atoms with E-state index >= 15 is 0 Å². The fourth-order valence-corrected chi connectivity index (χ4v) is 3.30. The van der Waals surface area contributed by atoms with Crippen LogP contribution in [0, 0.1) is 11.2 Å². The van der Waals surface area contributed by atoms with E-state index in [0.29, 0.717) is 16.6 Å². The maximum Gasteiger partial charge on any atom is 0.396 e. The first-order valence-corrected chi connectivity index (χ1v) is 8.09. The van der Waals surface area contributed by atoms with Crippen molar-refractivity contribution in [2.45, 2.75) is 25.6 Å². The quantitative estimate of drug-likeness (QED) is 0.661. The molecule has 26 heavy (non-hydrogen) atoms. The standard InChI is InChI=1S/C18H15F4N3O/c1-24-15-8-11(12-9-23-7-4-13(12)19)2-3-14(15)25(16(24)26)10-17(5-6-17)18(20,21)22/h2-4,7-9H,5-6,10H2,1H3. The summed E-state index contributed by atoms with van der Waals surface area (Å²) >= 11 is 0. The zero-order valence-electron chi connectivity index (χ0n) is 13.8. The molecule has 8 heteroatoms. The second kappa shape index (κ2) is 5.43. The summed E-state index contributed by atoms with van der Waals surface area (Å²) in [5.41, 5.74) is -0.704. The first-order chi connectivity index (χ1) is 12.2. The van der Waals surface area contributed by atoms with Crippen LogP contribution in [-0.2, 0) is 13.6 Å². The van der Waals surface area contributed by atoms with Crippen LogP contribution >= 0.6 is 0 Å². The fourth-order valence-electron chi connectivity index (χ4n) is 3.30. The van der Waals surface area contributed by atoms with Crippen LogP contribution in [0.15, 0.2) is 41.5 Å². The lowest BCUT2D eigenvalue weighted by atomic mass is 10.1. The number of benzene rings is 1. The van der Waals surface area contributed by atoms with Crippen LogP contribution < -0.4 is 5.69 Å². The molecule has 0 atom stereocenters. The summed E-state index contributed by atoms with van der Waals surface area (Å²) in [6, 6.07) is 5.97. The lowest BCUT2D eigenvalue weighted by Gasteiger charge is -2.19. The van der Waals surface area contributed by atoms with E-state index in [4.69, 9.17) is 0 Å². The molecular formula is C18H15F4N3O. The van der Waals surface area contributed by atoms with E-state index < -0.39 is 29.6 Å². The molecule has 0 aliphatic heterocycles. The van der Waals surface area contributed by atoms with E-state index in [0.717, 1.165) is 0 Å². The van der Waals surface area contributed by atoms with Gasteiger partial charge in [-0.25, -0.2) is 9.18 Å². The molecule has 0 bridgehead atoms. The van der Waals surface area contributed by atoms with E-state index in [9.17, 15) is 22.4 Å². The lowest BCUT2D eigenvalue weighted by molar-refractivity contribution is -0.190. The minimum Gasteiger partial charge on any atom is -0.295 e. The third-order valence-corrected chi connectivity index (χ3v) is 5.14. The maximum absolute atomic E-state index is 14.0. The molecule has 1 aliphatic carbocycles. The Morgan fingerprint density at radius 3 is 2.54 bits per heavy atom. The second-order valence-corrected chi connectivity index (χ2v) is 6.76. The second-order valence-electron chi connectivity index (χ2n) is 6.76. The van der Waals surface area contributed by atoms with Crippen molar-refractivity contribution in [3.63, 3.8) is 0 Å². The van der Waals surface area contributed by atoms with E-state index in [-0.39, 0.29) is 18.4 Å². The van der Waals surface area contributed by atoms with Crippen molar-refractivity contribution in [3.8, 4) is 11.1 Å². The van der Waals surface area contributed by atoms with Gasteiger partial charge in [0.2, 0.25) is 0 Å². The Kier molecular flexibility index (Phi) is 3.51. The van der Waals surface area contributed by atoms with Crippen molar-refractivity contribution in [1.82, 2.24) is 14.1 Å². The number of hydrogen-bond acceptors (Lipinski definition) is 2. The van der Waals surface area contributed by atoms with Crippen molar-refractivity contribution < 1.29 is 17.6 Å². The van der Waals surface area contributed by atoms with Gasteiger partial charge in [0.05, 0.1) is 16.4 Å². The average molecular weight is 365 g/mol. The van der Waals surface area contributed by atoms with Crippen LogP contribution in [0.4, 0.5) is 17.6 Å². The highest BCUT2D eigenvalue weighted by molar-refractivity contribution is 5.82. The molecule has 0 N–H and O–H groups in total. The Labute approximate surface area is 145 Å². The molecule has 3 aromatic rings. The molecule has 2 aromatic heterocycles. The number of hydrogen-bond donors (Lipinski definition) is 0. The molecule has 0 amide bonds. The smallest absolute Gasteiger partial charge is 0.295 e. The molecule has 1 saturated carbocycles. The summed E-state index contributed by atoms with van der Waals surface area (Å²) in [5, 5.41) is 0. The highest BCUT2D eigenvalue weighted by Gasteiger charge is 2.63. The zero-order valence-corrected chi connectivity index (χ0v) is 13.8. The maximum atomic E-state index is 14.0. The van der Waals surface area contributed by atoms with Gasteiger partial charge in [0.1, 0.15) is 5.82 Å². The minimum atomic E-state index is -4.34. The van der Waals surface area contributed by atoms with Gasteiger partial charge in [-0.15, -0.1) is 0 Å². The van der Waals surface area contributed by atoms with Crippen LogP contribution in [0.2, 0.25) is 0 Å². The van der Waals surface area contributed by atoms with Gasteiger partial charge in [-0.1, -0.05) is 6.07 Å². The number of pyridine rings is 1. The first-order valence-electron chi connectivity index (χ1n) is 8.09. The first kappa shape index (κ1) is 16.8. The van der Waals surface area contributed by atoms with E-state index in [1.54, 1.807) is 18.2 Å². The lowest BCUT2D eigenvalue weighted by Crippen LogP contribution is -2.33. The summed E-state index contributed by atoms with van der Waals surface area (Å²) in [7, 11) is 1.50. The predicted molar refractivity (Wildman–Crippen MR) is 88.1 cm³/mol. The SMILES string of the molecule is Cn1c(=O)n(CC2(C(F)(F)F)CC2)c2ccc(-c3cnccc3F)cc21. The van der Waals surface area contributed by atoms with E-state index in [2.05, 4.69) is 4.98 Å². The van der Waals surface area contributed by atoms with Gasteiger partial charge in [-0.2, -0.15) is 13.2 Å². The zero-order chi connectivity index (χ0) is 18.7. The Morgan fingerprint density at radius 2 is 1.92 bits per heavy atom. The van der Waals surface area contributed by atoms with Gasteiger partial charge in [-0.3, -0.25) is 14.1 Å². The van der Waals surface area contributed by atoms with Gasteiger partial charge in [0.25, 0.3) is 0 Å². The van der Waals surface area contributed by atoms with E-state index in [1.165, 1.54) is 34.6 Å². The number of halogens is 4. The number of rotatable bonds is 3. The molecule has 4 nitrogen and oxygen atoms in total. The van der Waals surface area contributed by atoms with E-state index in [1.807, 2.05) is 0 Å². The number of aromatic nitrogens is 3. The summed E-state index contributed by atoms with van der Waals surface area (Å²) < 4.78 is 56.3. The summed E-state index contributed by atoms with van der Waals surface area (Å²) in [6.45, 7) is -0.396. The third kappa shape index (κ3) is 2.43. The molecule has 1 aliphatic rings. The Hall–Kier alpha value is -2.64. The highest BCUT2D eigenvalue weighted by atomic mass is 19.4. The van der Waals surface area contributed by atoms with Crippen LogP contribution in [0.5, 0.6) is 0 Å². The van der Waals surface area contributed by atoms with Crippen LogP contribution in [0.3, 0.4) is 0 Å². The largest absolute Gasteiger partial charge is 0.396 e. The van der Waals surface area contributed by atoms with Crippen molar-refractivity contribution >= 4 is 11.0 Å². The van der Waals surface area contributed by atoms with Crippen LogP contribution in [0.25, 0.3) is 22.2 Å². The molecule has 0 radical (unpaired) electrons. The van der Waals surface area contributed by atoms with Crippen LogP contribution in [0.1, 0.15) is 12.8 Å². The van der Waals surface area contributed by atoms with Gasteiger partial charge in [-0.05, 0) is 36.6 Å². The topological polar surface area (TPSA) is 39.8 Å². The fraction of sp³-hybridized carbons (Fsp3) is 0.333. The summed E-state index contributed by atoms with van der Waals surface area (Å²) in [6.07, 6.45) is -1.59. The third-order valence-electron chi connectivity index (χ3n) is 5.14. The predicted octanol–water partition coefficient (Wildman–Crippen LogP) is 3.88. The molecule has 0 saturated heterocycles. The Balaban J connectivity index is 1.84. The van der Waals surface area contributed by atoms with Gasteiger partial charge < -0.3 is 0 Å². The number of aryl methyl sites for hydroxylation is 1. The van der Waals surface area contributed by atoms with Gasteiger partial charge in [0.15, 0.2) is 0 Å². The molecule has 1 fully saturated rings. The molecular weight excluding hydrogens is 350 g/mol. The number of imidazole rings is 1. The summed E-state index contributed by atoms with van der Waals surface area (Å²) in [5.74, 6) is -0.460. The van der Waals surface area contributed by atoms with Crippen molar-refractivity contribution in [3.05, 3.63) is 53.0 Å².